The number of hydrogen-bond donors (Lipinski definition) is 1. The van der Waals surface area contributed by atoms with Gasteiger partial charge in [-0.2, -0.15) is 0 Å². The van der Waals surface area contributed by atoms with Crippen molar-refractivity contribution < 1.29 is 9.53 Å². The Morgan fingerprint density at radius 1 is 1.14 bits per heavy atom. The third-order valence-electron chi connectivity index (χ3n) is 5.88. The predicted octanol–water partition coefficient (Wildman–Crippen LogP) is 3.31. The summed E-state index contributed by atoms with van der Waals surface area (Å²) >= 11 is 1.42. The molecule has 2 fully saturated rings. The van der Waals surface area contributed by atoms with Gasteiger partial charge in [0.15, 0.2) is 0 Å². The van der Waals surface area contributed by atoms with E-state index in [4.69, 9.17) is 4.74 Å². The standard InChI is InChI=1S/C21H29N5O2S/c1-28-18-10-6-5-9-17(18)22-21-24-23-19(29-21)15-20(27)26-13-11-25(12-14-26)16-7-3-2-4-8-16/h5-6,9-10,16H,2-4,7-8,11-15H2,1H3,(H,22,24). The van der Waals surface area contributed by atoms with Crippen LogP contribution in [0.4, 0.5) is 10.8 Å². The molecule has 2 aromatic rings. The van der Waals surface area contributed by atoms with Crippen LogP contribution in [0, 0.1) is 0 Å². The largest absolute Gasteiger partial charge is 0.495 e. The summed E-state index contributed by atoms with van der Waals surface area (Å²) in [6, 6.07) is 8.40. The van der Waals surface area contributed by atoms with Crippen LogP contribution in [0.5, 0.6) is 5.75 Å². The predicted molar refractivity (Wildman–Crippen MR) is 115 cm³/mol. The number of carbonyl (C=O) groups is 1. The summed E-state index contributed by atoms with van der Waals surface area (Å²) < 4.78 is 5.35. The van der Waals surface area contributed by atoms with Crippen LogP contribution in [0.25, 0.3) is 0 Å². The van der Waals surface area contributed by atoms with Crippen molar-refractivity contribution in [3.05, 3.63) is 29.3 Å². The number of rotatable bonds is 6. The van der Waals surface area contributed by atoms with E-state index in [1.54, 1.807) is 7.11 Å². The average Bonchev–Trinajstić information content (AvgIpc) is 3.21. The summed E-state index contributed by atoms with van der Waals surface area (Å²) in [6.07, 6.45) is 7.04. The van der Waals surface area contributed by atoms with Crippen LogP contribution in [-0.2, 0) is 11.2 Å². The minimum Gasteiger partial charge on any atom is -0.495 e. The van der Waals surface area contributed by atoms with Gasteiger partial charge in [-0.1, -0.05) is 42.7 Å². The number of anilines is 2. The summed E-state index contributed by atoms with van der Waals surface area (Å²) in [4.78, 5) is 17.3. The van der Waals surface area contributed by atoms with Gasteiger partial charge >= 0.3 is 0 Å². The summed E-state index contributed by atoms with van der Waals surface area (Å²) in [5.41, 5.74) is 0.836. The Morgan fingerprint density at radius 2 is 1.90 bits per heavy atom. The molecule has 0 bridgehead atoms. The Kier molecular flexibility index (Phi) is 6.61. The van der Waals surface area contributed by atoms with Crippen molar-refractivity contribution in [3.8, 4) is 5.75 Å². The third kappa shape index (κ3) is 5.05. The van der Waals surface area contributed by atoms with E-state index in [1.807, 2.05) is 29.2 Å². The Hall–Kier alpha value is -2.19. The molecular formula is C21H29N5O2S. The Balaban J connectivity index is 1.28. The first-order valence-electron chi connectivity index (χ1n) is 10.5. The highest BCUT2D eigenvalue weighted by molar-refractivity contribution is 7.15. The van der Waals surface area contributed by atoms with E-state index in [1.165, 1.54) is 43.4 Å². The molecule has 0 unspecified atom stereocenters. The molecule has 1 saturated carbocycles. The van der Waals surface area contributed by atoms with Gasteiger partial charge in [-0.25, -0.2) is 0 Å². The fourth-order valence-electron chi connectivity index (χ4n) is 4.26. The molecule has 1 aliphatic carbocycles. The highest BCUT2D eigenvalue weighted by atomic mass is 32.1. The van der Waals surface area contributed by atoms with Crippen LogP contribution in [0.1, 0.15) is 37.1 Å². The second kappa shape index (κ2) is 9.54. The van der Waals surface area contributed by atoms with Crippen LogP contribution in [0.3, 0.4) is 0 Å². The van der Waals surface area contributed by atoms with Crippen LogP contribution in [0.15, 0.2) is 24.3 Å². The van der Waals surface area contributed by atoms with Gasteiger partial charge in [0.1, 0.15) is 10.8 Å². The fraction of sp³-hybridized carbons (Fsp3) is 0.571. The maximum Gasteiger partial charge on any atom is 0.229 e. The molecule has 0 radical (unpaired) electrons. The molecule has 29 heavy (non-hydrogen) atoms. The van der Waals surface area contributed by atoms with Crippen molar-refractivity contribution in [2.24, 2.45) is 0 Å². The Labute approximate surface area is 176 Å². The van der Waals surface area contributed by atoms with E-state index in [9.17, 15) is 4.79 Å². The lowest BCUT2D eigenvalue weighted by atomic mass is 9.94. The number of aromatic nitrogens is 2. The molecule has 1 N–H and O–H groups in total. The van der Waals surface area contributed by atoms with Crippen molar-refractivity contribution in [2.75, 3.05) is 38.6 Å². The van der Waals surface area contributed by atoms with E-state index in [-0.39, 0.29) is 5.91 Å². The van der Waals surface area contributed by atoms with E-state index >= 15 is 0 Å². The first kappa shape index (κ1) is 20.1. The first-order chi connectivity index (χ1) is 14.2. The second-order valence-electron chi connectivity index (χ2n) is 7.71. The van der Waals surface area contributed by atoms with Crippen molar-refractivity contribution in [2.45, 2.75) is 44.6 Å². The zero-order chi connectivity index (χ0) is 20.1. The smallest absolute Gasteiger partial charge is 0.229 e. The molecule has 7 nitrogen and oxygen atoms in total. The third-order valence-corrected chi connectivity index (χ3v) is 6.71. The Bertz CT molecular complexity index is 813. The van der Waals surface area contributed by atoms with Gasteiger partial charge in [-0.15, -0.1) is 10.2 Å². The lowest BCUT2D eigenvalue weighted by Crippen LogP contribution is -2.52. The van der Waals surface area contributed by atoms with Gasteiger partial charge in [0, 0.05) is 32.2 Å². The topological polar surface area (TPSA) is 70.6 Å². The minimum absolute atomic E-state index is 0.147. The number of piperazine rings is 1. The van der Waals surface area contributed by atoms with Gasteiger partial charge in [-0.05, 0) is 25.0 Å². The molecule has 2 aliphatic rings. The van der Waals surface area contributed by atoms with E-state index in [0.29, 0.717) is 11.6 Å². The minimum atomic E-state index is 0.147. The van der Waals surface area contributed by atoms with Crippen molar-refractivity contribution in [1.82, 2.24) is 20.0 Å². The highest BCUT2D eigenvalue weighted by Gasteiger charge is 2.27. The molecule has 0 spiro atoms. The SMILES string of the molecule is COc1ccccc1Nc1nnc(CC(=O)N2CCN(C3CCCCC3)CC2)s1. The van der Waals surface area contributed by atoms with Crippen LogP contribution < -0.4 is 10.1 Å². The molecule has 1 saturated heterocycles. The maximum absolute atomic E-state index is 12.7. The fourth-order valence-corrected chi connectivity index (χ4v) is 5.01. The second-order valence-corrected chi connectivity index (χ2v) is 8.77. The van der Waals surface area contributed by atoms with E-state index in [2.05, 4.69) is 20.4 Å². The number of methoxy groups -OCH3 is 1. The number of amides is 1. The number of nitrogens with one attached hydrogen (secondary N) is 1. The molecule has 156 valence electrons. The summed E-state index contributed by atoms with van der Waals surface area (Å²) in [6.45, 7) is 3.63. The molecular weight excluding hydrogens is 386 g/mol. The van der Waals surface area contributed by atoms with E-state index < -0.39 is 0 Å². The maximum atomic E-state index is 12.7. The summed E-state index contributed by atoms with van der Waals surface area (Å²) in [5.74, 6) is 0.893. The molecule has 1 amide bonds. The van der Waals surface area contributed by atoms with Crippen LogP contribution in [-0.4, -0.2) is 65.2 Å². The number of ether oxygens (including phenoxy) is 1. The normalized spacial score (nSPS) is 18.6. The zero-order valence-corrected chi connectivity index (χ0v) is 17.8. The lowest BCUT2D eigenvalue weighted by Gasteiger charge is -2.40. The van der Waals surface area contributed by atoms with Gasteiger partial charge in [-0.3, -0.25) is 9.69 Å². The summed E-state index contributed by atoms with van der Waals surface area (Å²) in [5, 5.41) is 13.0. The monoisotopic (exact) mass is 415 g/mol. The molecule has 1 aromatic heterocycles. The number of nitrogens with zero attached hydrogens (tertiary/aromatic N) is 4. The number of para-hydroxylation sites is 2. The number of benzene rings is 1. The van der Waals surface area contributed by atoms with Crippen molar-refractivity contribution in [3.63, 3.8) is 0 Å². The molecule has 1 aliphatic heterocycles. The van der Waals surface area contributed by atoms with Crippen LogP contribution >= 0.6 is 11.3 Å². The van der Waals surface area contributed by atoms with Gasteiger partial charge in [0.2, 0.25) is 11.0 Å². The Morgan fingerprint density at radius 3 is 2.66 bits per heavy atom. The average molecular weight is 416 g/mol. The van der Waals surface area contributed by atoms with E-state index in [0.717, 1.165) is 48.7 Å². The van der Waals surface area contributed by atoms with Crippen molar-refractivity contribution >= 4 is 28.1 Å². The number of hydrogen-bond acceptors (Lipinski definition) is 7. The molecule has 4 rings (SSSR count). The molecule has 8 heteroatoms. The van der Waals surface area contributed by atoms with Crippen LogP contribution in [0.2, 0.25) is 0 Å². The molecule has 1 aromatic carbocycles. The quantitative estimate of drug-likeness (QED) is 0.781. The van der Waals surface area contributed by atoms with Gasteiger partial charge < -0.3 is 15.0 Å². The lowest BCUT2D eigenvalue weighted by molar-refractivity contribution is -0.132. The first-order valence-corrected chi connectivity index (χ1v) is 11.3. The molecule has 0 atom stereocenters. The summed E-state index contributed by atoms with van der Waals surface area (Å²) in [7, 11) is 1.64. The van der Waals surface area contributed by atoms with Crippen molar-refractivity contribution in [1.29, 1.82) is 0 Å². The molecule has 2 heterocycles. The highest BCUT2D eigenvalue weighted by Crippen LogP contribution is 2.29. The zero-order valence-electron chi connectivity index (χ0n) is 17.0. The number of carbonyl (C=O) groups excluding carboxylic acids is 1. The van der Waals surface area contributed by atoms with Gasteiger partial charge in [0.25, 0.3) is 0 Å². The van der Waals surface area contributed by atoms with Gasteiger partial charge in [0.05, 0.1) is 19.2 Å².